The zero-order valence-electron chi connectivity index (χ0n) is 18.2. The Morgan fingerprint density at radius 2 is 2.00 bits per heavy atom. The second-order valence-electron chi connectivity index (χ2n) is 8.44. The molecule has 1 fully saturated rings. The Kier molecular flexibility index (Phi) is 5.62. The van der Waals surface area contributed by atoms with Crippen molar-refractivity contribution in [3.05, 3.63) is 72.1 Å². The molecule has 1 spiro atoms. The first kappa shape index (κ1) is 20.6. The summed E-state index contributed by atoms with van der Waals surface area (Å²) < 4.78 is 17.8. The van der Waals surface area contributed by atoms with Crippen LogP contribution in [0.25, 0.3) is 11.1 Å². The van der Waals surface area contributed by atoms with E-state index in [9.17, 15) is 4.79 Å². The summed E-state index contributed by atoms with van der Waals surface area (Å²) in [5, 5.41) is 3.25. The Hall–Kier alpha value is -3.25. The Morgan fingerprint density at radius 1 is 1.16 bits per heavy atom. The summed E-state index contributed by atoms with van der Waals surface area (Å²) in [5.41, 5.74) is 3.46. The van der Waals surface area contributed by atoms with E-state index in [1.165, 1.54) is 0 Å². The molecule has 6 nitrogen and oxygen atoms in total. The monoisotopic (exact) mass is 432 g/mol. The third kappa shape index (κ3) is 4.10. The van der Waals surface area contributed by atoms with Gasteiger partial charge >= 0.3 is 0 Å². The zero-order chi connectivity index (χ0) is 22.0. The van der Waals surface area contributed by atoms with Crippen molar-refractivity contribution in [2.75, 3.05) is 19.8 Å². The van der Waals surface area contributed by atoms with Crippen molar-refractivity contribution < 1.29 is 19.0 Å². The fourth-order valence-corrected chi connectivity index (χ4v) is 4.67. The molecule has 0 aliphatic carbocycles. The molecule has 32 heavy (non-hydrogen) atoms. The summed E-state index contributed by atoms with van der Waals surface area (Å²) in [7, 11) is 0. The topological polar surface area (TPSA) is 72.6 Å². The van der Waals surface area contributed by atoms with Gasteiger partial charge in [-0.3, -0.25) is 4.79 Å². The fraction of sp³-hybridized carbons (Fsp3) is 0.346. The second kappa shape index (κ2) is 8.71. The van der Waals surface area contributed by atoms with Gasteiger partial charge in [-0.2, -0.15) is 0 Å². The Morgan fingerprint density at radius 3 is 2.78 bits per heavy atom. The Balaban J connectivity index is 1.50. The van der Waals surface area contributed by atoms with Gasteiger partial charge in [-0.25, -0.2) is 0 Å². The second-order valence-corrected chi connectivity index (χ2v) is 8.44. The van der Waals surface area contributed by atoms with Crippen LogP contribution in [0.5, 0.6) is 11.5 Å². The molecular weight excluding hydrogens is 404 g/mol. The van der Waals surface area contributed by atoms with Gasteiger partial charge in [0.25, 0.3) is 5.91 Å². The maximum Gasteiger partial charge on any atom is 0.253 e. The Bertz CT molecular complexity index is 1090. The number of fused-ring (bicyclic) bond motifs is 1. The maximum atomic E-state index is 12.9. The van der Waals surface area contributed by atoms with Gasteiger partial charge in [0.1, 0.15) is 17.1 Å². The standard InChI is InChI=1S/C26H28N2O4/c1-2-31-21-5-3-4-18(14-21)19-6-7-24-22(15-19)23(28-25(29)20-8-11-27-17-20)16-26(32-24)9-12-30-13-10-26/h3-8,11,14-15,17,23,27H,2,9-10,12-13,16H2,1H3,(H,28,29). The van der Waals surface area contributed by atoms with E-state index in [4.69, 9.17) is 14.2 Å². The number of rotatable bonds is 5. The Labute approximate surface area is 187 Å². The highest BCUT2D eigenvalue weighted by molar-refractivity contribution is 5.94. The van der Waals surface area contributed by atoms with Crippen LogP contribution in [0.4, 0.5) is 0 Å². The van der Waals surface area contributed by atoms with E-state index in [1.54, 1.807) is 18.5 Å². The van der Waals surface area contributed by atoms with Gasteiger partial charge in [-0.05, 0) is 48.4 Å². The number of aromatic nitrogens is 1. The number of aromatic amines is 1. The number of benzene rings is 2. The van der Waals surface area contributed by atoms with Gasteiger partial charge in [0.15, 0.2) is 0 Å². The van der Waals surface area contributed by atoms with Crippen LogP contribution in [0.2, 0.25) is 0 Å². The van der Waals surface area contributed by atoms with Crippen molar-refractivity contribution in [1.82, 2.24) is 10.3 Å². The number of hydrogen-bond donors (Lipinski definition) is 2. The number of hydrogen-bond acceptors (Lipinski definition) is 4. The minimum Gasteiger partial charge on any atom is -0.494 e. The molecule has 3 aromatic rings. The lowest BCUT2D eigenvalue weighted by Crippen LogP contribution is -2.48. The van der Waals surface area contributed by atoms with Crippen LogP contribution in [0.1, 0.15) is 48.1 Å². The molecule has 166 valence electrons. The number of amides is 1. The highest BCUT2D eigenvalue weighted by Crippen LogP contribution is 2.45. The third-order valence-corrected chi connectivity index (χ3v) is 6.34. The lowest BCUT2D eigenvalue weighted by atomic mass is 9.81. The van der Waals surface area contributed by atoms with E-state index in [0.29, 0.717) is 25.4 Å². The lowest BCUT2D eigenvalue weighted by molar-refractivity contribution is -0.0639. The lowest BCUT2D eigenvalue weighted by Gasteiger charge is -2.44. The zero-order valence-corrected chi connectivity index (χ0v) is 18.2. The molecule has 0 bridgehead atoms. The van der Waals surface area contributed by atoms with Crippen LogP contribution < -0.4 is 14.8 Å². The largest absolute Gasteiger partial charge is 0.494 e. The molecule has 2 aliphatic rings. The molecule has 0 radical (unpaired) electrons. The smallest absolute Gasteiger partial charge is 0.253 e. The molecule has 2 aromatic carbocycles. The predicted octanol–water partition coefficient (Wildman–Crippen LogP) is 4.88. The molecule has 2 aliphatic heterocycles. The quantitative estimate of drug-likeness (QED) is 0.603. The molecule has 5 rings (SSSR count). The number of carbonyl (C=O) groups excluding carboxylic acids is 1. The highest BCUT2D eigenvalue weighted by Gasteiger charge is 2.43. The molecule has 1 unspecified atom stereocenters. The number of ether oxygens (including phenoxy) is 3. The van der Waals surface area contributed by atoms with Crippen molar-refractivity contribution in [3.63, 3.8) is 0 Å². The van der Waals surface area contributed by atoms with Crippen LogP contribution in [0.15, 0.2) is 60.9 Å². The number of H-pyrrole nitrogens is 1. The van der Waals surface area contributed by atoms with Gasteiger partial charge in [0.2, 0.25) is 0 Å². The van der Waals surface area contributed by atoms with Crippen LogP contribution in [-0.2, 0) is 4.74 Å². The first-order valence-corrected chi connectivity index (χ1v) is 11.2. The number of carbonyl (C=O) groups is 1. The van der Waals surface area contributed by atoms with Crippen molar-refractivity contribution in [2.24, 2.45) is 0 Å². The van der Waals surface area contributed by atoms with Crippen molar-refractivity contribution >= 4 is 5.91 Å². The molecule has 1 atom stereocenters. The summed E-state index contributed by atoms with van der Waals surface area (Å²) in [5.74, 6) is 1.59. The van der Waals surface area contributed by atoms with E-state index in [2.05, 4.69) is 28.5 Å². The van der Waals surface area contributed by atoms with Crippen LogP contribution >= 0.6 is 0 Å². The SMILES string of the molecule is CCOc1cccc(-c2ccc3c(c2)C(NC(=O)c2cc[nH]c2)CC2(CCOCC2)O3)c1. The minimum absolute atomic E-state index is 0.0879. The number of nitrogens with one attached hydrogen (secondary N) is 2. The van der Waals surface area contributed by atoms with E-state index in [-0.39, 0.29) is 17.6 Å². The van der Waals surface area contributed by atoms with Crippen LogP contribution in [0, 0.1) is 0 Å². The molecule has 6 heteroatoms. The van der Waals surface area contributed by atoms with E-state index < -0.39 is 0 Å². The van der Waals surface area contributed by atoms with Gasteiger partial charge in [0.05, 0.1) is 31.4 Å². The summed E-state index contributed by atoms with van der Waals surface area (Å²) in [6, 6.07) is 16.0. The van der Waals surface area contributed by atoms with Gasteiger partial charge < -0.3 is 24.5 Å². The highest BCUT2D eigenvalue weighted by atomic mass is 16.5. The molecule has 1 aromatic heterocycles. The molecule has 1 amide bonds. The maximum absolute atomic E-state index is 12.9. The molecular formula is C26H28N2O4. The first-order valence-electron chi connectivity index (χ1n) is 11.2. The first-order chi connectivity index (χ1) is 15.7. The fourth-order valence-electron chi connectivity index (χ4n) is 4.67. The van der Waals surface area contributed by atoms with E-state index >= 15 is 0 Å². The molecule has 3 heterocycles. The van der Waals surface area contributed by atoms with Gasteiger partial charge in [0, 0.05) is 37.2 Å². The average molecular weight is 433 g/mol. The minimum atomic E-state index is -0.308. The summed E-state index contributed by atoms with van der Waals surface area (Å²) >= 11 is 0. The van der Waals surface area contributed by atoms with Crippen molar-refractivity contribution in [2.45, 2.75) is 37.8 Å². The van der Waals surface area contributed by atoms with E-state index in [1.807, 2.05) is 31.2 Å². The average Bonchev–Trinajstić information content (AvgIpc) is 3.35. The van der Waals surface area contributed by atoms with Crippen molar-refractivity contribution in [3.8, 4) is 22.6 Å². The van der Waals surface area contributed by atoms with Crippen molar-refractivity contribution in [1.29, 1.82) is 0 Å². The summed E-state index contributed by atoms with van der Waals surface area (Å²) in [6.45, 7) is 3.96. The van der Waals surface area contributed by atoms with Gasteiger partial charge in [-0.1, -0.05) is 18.2 Å². The molecule has 2 N–H and O–H groups in total. The summed E-state index contributed by atoms with van der Waals surface area (Å²) in [6.07, 6.45) is 5.84. The molecule has 0 saturated carbocycles. The molecule has 1 saturated heterocycles. The van der Waals surface area contributed by atoms with Crippen LogP contribution in [0.3, 0.4) is 0 Å². The van der Waals surface area contributed by atoms with Gasteiger partial charge in [-0.15, -0.1) is 0 Å². The van der Waals surface area contributed by atoms with Crippen LogP contribution in [-0.4, -0.2) is 36.3 Å². The normalized spacial score (nSPS) is 19.1. The predicted molar refractivity (Wildman–Crippen MR) is 122 cm³/mol. The van der Waals surface area contributed by atoms with E-state index in [0.717, 1.165) is 47.5 Å². The third-order valence-electron chi connectivity index (χ3n) is 6.34. The summed E-state index contributed by atoms with van der Waals surface area (Å²) in [4.78, 5) is 15.9.